The highest BCUT2D eigenvalue weighted by Gasteiger charge is 2.21. The van der Waals surface area contributed by atoms with Gasteiger partial charge in [0.1, 0.15) is 18.5 Å². The van der Waals surface area contributed by atoms with E-state index in [1.807, 2.05) is 31.2 Å². The van der Waals surface area contributed by atoms with E-state index in [0.29, 0.717) is 36.0 Å². The number of carbonyl (C=O) groups excluding carboxylic acids is 2. The molecule has 1 amide bonds. The maximum absolute atomic E-state index is 12.0. The molecule has 1 N–H and O–H groups in total. The fourth-order valence-electron chi connectivity index (χ4n) is 2.56. The van der Waals surface area contributed by atoms with E-state index < -0.39 is 11.9 Å². The van der Waals surface area contributed by atoms with Gasteiger partial charge in [-0.25, -0.2) is 4.79 Å². The summed E-state index contributed by atoms with van der Waals surface area (Å²) in [6.45, 7) is 2.86. The van der Waals surface area contributed by atoms with Gasteiger partial charge in [0, 0.05) is 0 Å². The first-order chi connectivity index (χ1) is 13.7. The number of hydrogen-bond acceptors (Lipinski definition) is 6. The van der Waals surface area contributed by atoms with E-state index in [0.717, 1.165) is 6.42 Å². The lowest BCUT2D eigenvalue weighted by atomic mass is 10.2. The maximum atomic E-state index is 12.0. The highest BCUT2D eigenvalue weighted by Crippen LogP contribution is 2.30. The predicted octanol–water partition coefficient (Wildman–Crippen LogP) is 2.59. The Balaban J connectivity index is 1.39. The van der Waals surface area contributed by atoms with Crippen molar-refractivity contribution in [1.82, 2.24) is 5.32 Å². The third kappa shape index (κ3) is 5.39. The van der Waals surface area contributed by atoms with Gasteiger partial charge in [-0.1, -0.05) is 19.1 Å². The van der Waals surface area contributed by atoms with Crippen LogP contribution in [0.1, 0.15) is 23.7 Å². The van der Waals surface area contributed by atoms with Crippen molar-refractivity contribution in [1.29, 1.82) is 0 Å². The van der Waals surface area contributed by atoms with E-state index >= 15 is 0 Å². The third-order valence-corrected chi connectivity index (χ3v) is 3.99. The molecule has 0 saturated carbocycles. The molecule has 1 aliphatic rings. The van der Waals surface area contributed by atoms with Gasteiger partial charge in [0.15, 0.2) is 18.1 Å². The van der Waals surface area contributed by atoms with Crippen LogP contribution >= 0.6 is 0 Å². The van der Waals surface area contributed by atoms with Crippen LogP contribution in [0.25, 0.3) is 0 Å². The first-order valence-electron chi connectivity index (χ1n) is 9.21. The normalized spacial score (nSPS) is 14.8. The van der Waals surface area contributed by atoms with Gasteiger partial charge in [0.05, 0.1) is 18.7 Å². The van der Waals surface area contributed by atoms with Gasteiger partial charge in [0.25, 0.3) is 5.91 Å². The highest BCUT2D eigenvalue weighted by atomic mass is 16.6. The molecule has 0 spiro atoms. The van der Waals surface area contributed by atoms with Crippen LogP contribution in [0.15, 0.2) is 48.5 Å². The largest absolute Gasteiger partial charge is 0.494 e. The Bertz CT molecular complexity index is 805. The Kier molecular flexibility index (Phi) is 6.73. The summed E-state index contributed by atoms with van der Waals surface area (Å²) in [4.78, 5) is 24.0. The number of para-hydroxylation sites is 2. The summed E-state index contributed by atoms with van der Waals surface area (Å²) in [5, 5.41) is 2.68. The summed E-state index contributed by atoms with van der Waals surface area (Å²) in [5.74, 6) is 1.05. The molecule has 1 atom stereocenters. The number of nitrogens with one attached hydrogen (secondary N) is 1. The molecule has 1 aliphatic heterocycles. The van der Waals surface area contributed by atoms with Crippen molar-refractivity contribution in [3.63, 3.8) is 0 Å². The molecular weight excluding hydrogens is 362 g/mol. The van der Waals surface area contributed by atoms with E-state index in [-0.39, 0.29) is 19.3 Å². The van der Waals surface area contributed by atoms with E-state index in [1.54, 1.807) is 24.3 Å². The summed E-state index contributed by atoms with van der Waals surface area (Å²) >= 11 is 0. The topological polar surface area (TPSA) is 83.1 Å². The second-order valence-corrected chi connectivity index (χ2v) is 6.25. The van der Waals surface area contributed by atoms with Crippen molar-refractivity contribution in [2.45, 2.75) is 19.4 Å². The van der Waals surface area contributed by atoms with Crippen LogP contribution in [0.5, 0.6) is 17.2 Å². The van der Waals surface area contributed by atoms with Gasteiger partial charge >= 0.3 is 5.97 Å². The predicted molar refractivity (Wildman–Crippen MR) is 102 cm³/mol. The molecule has 7 nitrogen and oxygen atoms in total. The molecule has 148 valence electrons. The van der Waals surface area contributed by atoms with Crippen molar-refractivity contribution < 1.29 is 28.5 Å². The number of amides is 1. The van der Waals surface area contributed by atoms with Crippen LogP contribution in [-0.2, 0) is 9.53 Å². The first kappa shape index (κ1) is 19.5. The number of ether oxygens (including phenoxy) is 4. The zero-order chi connectivity index (χ0) is 19.8. The molecule has 2 aromatic carbocycles. The molecule has 7 heteroatoms. The van der Waals surface area contributed by atoms with E-state index in [9.17, 15) is 9.59 Å². The first-order valence-corrected chi connectivity index (χ1v) is 9.21. The number of rotatable bonds is 8. The molecule has 0 fully saturated rings. The Labute approximate surface area is 163 Å². The van der Waals surface area contributed by atoms with Crippen molar-refractivity contribution in [2.75, 3.05) is 26.4 Å². The average Bonchev–Trinajstić information content (AvgIpc) is 2.74. The monoisotopic (exact) mass is 385 g/mol. The molecular formula is C21H23NO6. The van der Waals surface area contributed by atoms with E-state index in [2.05, 4.69) is 5.32 Å². The molecule has 0 radical (unpaired) electrons. The lowest BCUT2D eigenvalue weighted by molar-refractivity contribution is -0.124. The van der Waals surface area contributed by atoms with Gasteiger partial charge < -0.3 is 24.3 Å². The molecule has 0 bridgehead atoms. The van der Waals surface area contributed by atoms with Crippen LogP contribution < -0.4 is 19.5 Å². The van der Waals surface area contributed by atoms with Crippen LogP contribution in [0.2, 0.25) is 0 Å². The van der Waals surface area contributed by atoms with Gasteiger partial charge in [0.2, 0.25) is 0 Å². The lowest BCUT2D eigenvalue weighted by Gasteiger charge is -2.26. The number of carbonyl (C=O) groups is 2. The summed E-state index contributed by atoms with van der Waals surface area (Å²) in [6, 6.07) is 14.0. The molecule has 3 rings (SSSR count). The molecule has 2 aromatic rings. The van der Waals surface area contributed by atoms with Crippen LogP contribution in [-0.4, -0.2) is 44.3 Å². The van der Waals surface area contributed by atoms with Gasteiger partial charge in [-0.15, -0.1) is 0 Å². The molecule has 0 aromatic heterocycles. The van der Waals surface area contributed by atoms with Crippen LogP contribution in [0, 0.1) is 0 Å². The SMILES string of the molecule is CCCOc1ccc(C(=O)OCC(=O)NC[C@@H]2COc3ccccc3O2)cc1. The van der Waals surface area contributed by atoms with E-state index in [1.165, 1.54) is 0 Å². The highest BCUT2D eigenvalue weighted by molar-refractivity contribution is 5.91. The fourth-order valence-corrected chi connectivity index (χ4v) is 2.56. The minimum absolute atomic E-state index is 0.258. The molecule has 28 heavy (non-hydrogen) atoms. The molecule has 1 heterocycles. The standard InChI is InChI=1S/C21H23NO6/c1-2-11-25-16-9-7-15(8-10-16)21(24)27-14-20(23)22-12-17-13-26-18-5-3-4-6-19(18)28-17/h3-10,17H,2,11-14H2,1H3,(H,22,23)/t17-/m1/s1. The summed E-state index contributed by atoms with van der Waals surface area (Å²) < 4.78 is 21.8. The average molecular weight is 385 g/mol. The quantitative estimate of drug-likeness (QED) is 0.704. The van der Waals surface area contributed by atoms with E-state index in [4.69, 9.17) is 18.9 Å². The Morgan fingerprint density at radius 3 is 2.61 bits per heavy atom. The van der Waals surface area contributed by atoms with Crippen molar-refractivity contribution in [3.8, 4) is 17.2 Å². The Morgan fingerprint density at radius 1 is 1.11 bits per heavy atom. The third-order valence-electron chi connectivity index (χ3n) is 3.99. The molecule has 0 saturated heterocycles. The minimum atomic E-state index is -0.566. The second-order valence-electron chi connectivity index (χ2n) is 6.25. The van der Waals surface area contributed by atoms with Crippen molar-refractivity contribution in [2.24, 2.45) is 0 Å². The number of benzene rings is 2. The smallest absolute Gasteiger partial charge is 0.338 e. The minimum Gasteiger partial charge on any atom is -0.494 e. The Morgan fingerprint density at radius 2 is 1.86 bits per heavy atom. The van der Waals surface area contributed by atoms with Crippen molar-refractivity contribution >= 4 is 11.9 Å². The van der Waals surface area contributed by atoms with Crippen molar-refractivity contribution in [3.05, 3.63) is 54.1 Å². The summed E-state index contributed by atoms with van der Waals surface area (Å²) in [7, 11) is 0. The second kappa shape index (κ2) is 9.64. The number of esters is 1. The maximum Gasteiger partial charge on any atom is 0.338 e. The zero-order valence-electron chi connectivity index (χ0n) is 15.7. The van der Waals surface area contributed by atoms with Crippen LogP contribution in [0.3, 0.4) is 0 Å². The number of hydrogen-bond donors (Lipinski definition) is 1. The summed E-state index contributed by atoms with van der Waals surface area (Å²) in [6.07, 6.45) is 0.605. The Hall–Kier alpha value is -3.22. The molecule has 0 unspecified atom stereocenters. The number of fused-ring (bicyclic) bond motifs is 1. The van der Waals surface area contributed by atoms with Crippen LogP contribution in [0.4, 0.5) is 0 Å². The van der Waals surface area contributed by atoms with Gasteiger partial charge in [-0.2, -0.15) is 0 Å². The lowest BCUT2D eigenvalue weighted by Crippen LogP contribution is -2.42. The van der Waals surface area contributed by atoms with Gasteiger partial charge in [-0.05, 0) is 42.8 Å². The summed E-state index contributed by atoms with van der Waals surface area (Å²) in [5.41, 5.74) is 0.359. The van der Waals surface area contributed by atoms with Gasteiger partial charge in [-0.3, -0.25) is 4.79 Å². The molecule has 0 aliphatic carbocycles. The fraction of sp³-hybridized carbons (Fsp3) is 0.333. The zero-order valence-corrected chi connectivity index (χ0v) is 15.7.